The molecule has 0 aromatic carbocycles. The van der Waals surface area contributed by atoms with Crippen molar-refractivity contribution in [2.24, 2.45) is 0 Å². The Morgan fingerprint density at radius 2 is 2.42 bits per heavy atom. The first-order valence-electron chi connectivity index (χ1n) is 3.65. The van der Waals surface area contributed by atoms with Crippen molar-refractivity contribution < 1.29 is 8.78 Å². The molecule has 1 aromatic rings. The zero-order valence-electron chi connectivity index (χ0n) is 6.80. The van der Waals surface area contributed by atoms with Crippen LogP contribution in [0.15, 0.2) is 12.5 Å². The highest BCUT2D eigenvalue weighted by atomic mass is 19.3. The van der Waals surface area contributed by atoms with Gasteiger partial charge in [0, 0.05) is 12.7 Å². The van der Waals surface area contributed by atoms with E-state index in [-0.39, 0.29) is 6.54 Å². The lowest BCUT2D eigenvalue weighted by atomic mass is 10.5. The molecule has 5 heteroatoms. The molecule has 1 N–H and O–H groups in total. The van der Waals surface area contributed by atoms with Crippen LogP contribution in [0.3, 0.4) is 0 Å². The van der Waals surface area contributed by atoms with Gasteiger partial charge in [0.15, 0.2) is 0 Å². The number of rotatable bonds is 4. The van der Waals surface area contributed by atoms with Crippen molar-refractivity contribution in [2.45, 2.75) is 19.5 Å². The van der Waals surface area contributed by atoms with E-state index >= 15 is 0 Å². The van der Waals surface area contributed by atoms with Crippen LogP contribution in [0.5, 0.6) is 0 Å². The Bertz CT molecular complexity index is 234. The molecule has 0 atom stereocenters. The molecule has 0 saturated carbocycles. The van der Waals surface area contributed by atoms with E-state index in [9.17, 15) is 8.78 Å². The highest BCUT2D eigenvalue weighted by Gasteiger charge is 2.04. The fraction of sp³-hybridized carbons (Fsp3) is 0.571. The molecule has 0 saturated heterocycles. The van der Waals surface area contributed by atoms with Crippen LogP contribution in [0.2, 0.25) is 0 Å². The van der Waals surface area contributed by atoms with Crippen molar-refractivity contribution in [2.75, 3.05) is 7.05 Å². The lowest BCUT2D eigenvalue weighted by molar-refractivity contribution is 0.126. The summed E-state index contributed by atoms with van der Waals surface area (Å²) in [5.41, 5.74) is 0.776. The van der Waals surface area contributed by atoms with Crippen molar-refractivity contribution in [3.8, 4) is 0 Å². The third-order valence-corrected chi connectivity index (χ3v) is 1.39. The van der Waals surface area contributed by atoms with Crippen LogP contribution < -0.4 is 5.32 Å². The van der Waals surface area contributed by atoms with Gasteiger partial charge in [-0.15, -0.1) is 0 Å². The molecule has 1 aromatic heterocycles. The maximum absolute atomic E-state index is 11.9. The molecule has 0 unspecified atom stereocenters. The molecule has 3 nitrogen and oxygen atoms in total. The fourth-order valence-corrected chi connectivity index (χ4v) is 0.938. The summed E-state index contributed by atoms with van der Waals surface area (Å²) in [4.78, 5) is 3.93. The van der Waals surface area contributed by atoms with Crippen LogP contribution in [0, 0.1) is 0 Å². The SMILES string of the molecule is CNCc1cn(CC(F)F)cn1. The third-order valence-electron chi connectivity index (χ3n) is 1.39. The third kappa shape index (κ3) is 2.58. The summed E-state index contributed by atoms with van der Waals surface area (Å²) in [6.07, 6.45) is 0.711. The Kier molecular flexibility index (Phi) is 3.16. The van der Waals surface area contributed by atoms with Crippen LogP contribution in [-0.4, -0.2) is 23.0 Å². The molecule has 0 bridgehead atoms. The highest BCUT2D eigenvalue weighted by Crippen LogP contribution is 2.00. The largest absolute Gasteiger partial charge is 0.331 e. The number of nitrogens with zero attached hydrogens (tertiary/aromatic N) is 2. The molecule has 1 heterocycles. The van der Waals surface area contributed by atoms with E-state index in [1.165, 1.54) is 10.9 Å². The molecule has 0 aliphatic carbocycles. The van der Waals surface area contributed by atoms with E-state index in [2.05, 4.69) is 10.3 Å². The topological polar surface area (TPSA) is 29.9 Å². The Hall–Kier alpha value is -0.970. The second kappa shape index (κ2) is 4.15. The average Bonchev–Trinajstić information content (AvgIpc) is 2.36. The van der Waals surface area contributed by atoms with Gasteiger partial charge in [-0.1, -0.05) is 0 Å². The van der Waals surface area contributed by atoms with E-state index in [4.69, 9.17) is 0 Å². The van der Waals surface area contributed by atoms with Crippen molar-refractivity contribution in [3.05, 3.63) is 18.2 Å². The lowest BCUT2D eigenvalue weighted by Gasteiger charge is -1.98. The number of alkyl halides is 2. The van der Waals surface area contributed by atoms with Gasteiger partial charge >= 0.3 is 0 Å². The van der Waals surface area contributed by atoms with Crippen LogP contribution in [0.1, 0.15) is 5.69 Å². The highest BCUT2D eigenvalue weighted by molar-refractivity contribution is 4.95. The molecule has 12 heavy (non-hydrogen) atoms. The summed E-state index contributed by atoms with van der Waals surface area (Å²) in [5, 5.41) is 2.89. The van der Waals surface area contributed by atoms with Crippen molar-refractivity contribution in [3.63, 3.8) is 0 Å². The van der Waals surface area contributed by atoms with Crippen molar-refractivity contribution >= 4 is 0 Å². The summed E-state index contributed by atoms with van der Waals surface area (Å²) >= 11 is 0. The molecule has 0 fully saturated rings. The van der Waals surface area contributed by atoms with Gasteiger partial charge in [-0.2, -0.15) is 0 Å². The van der Waals surface area contributed by atoms with Crippen LogP contribution in [0.4, 0.5) is 8.78 Å². The van der Waals surface area contributed by atoms with Gasteiger partial charge in [0.1, 0.15) is 0 Å². The Balaban J connectivity index is 2.52. The van der Waals surface area contributed by atoms with Gasteiger partial charge in [0.05, 0.1) is 18.6 Å². The first-order chi connectivity index (χ1) is 5.72. The zero-order valence-corrected chi connectivity index (χ0v) is 6.80. The van der Waals surface area contributed by atoms with Gasteiger partial charge in [0.2, 0.25) is 0 Å². The Labute approximate surface area is 69.4 Å². The summed E-state index contributed by atoms with van der Waals surface area (Å²) in [5.74, 6) is 0. The minimum atomic E-state index is -2.32. The summed E-state index contributed by atoms with van der Waals surface area (Å²) < 4.78 is 25.1. The summed E-state index contributed by atoms with van der Waals surface area (Å²) in [6, 6.07) is 0. The second-order valence-corrected chi connectivity index (χ2v) is 2.48. The normalized spacial score (nSPS) is 11.0. The standard InChI is InChI=1S/C7H11F2N3/c1-10-2-6-3-12(5-11-6)4-7(8)9/h3,5,7,10H,2,4H2,1H3. The monoisotopic (exact) mass is 175 g/mol. The van der Waals surface area contributed by atoms with Crippen LogP contribution >= 0.6 is 0 Å². The minimum absolute atomic E-state index is 0.281. The molecular weight excluding hydrogens is 164 g/mol. The molecule has 0 spiro atoms. The van der Waals surface area contributed by atoms with Crippen LogP contribution in [0.25, 0.3) is 0 Å². The number of nitrogens with one attached hydrogen (secondary N) is 1. The fourth-order valence-electron chi connectivity index (χ4n) is 0.938. The molecule has 68 valence electrons. The number of hydrogen-bond acceptors (Lipinski definition) is 2. The van der Waals surface area contributed by atoms with Gasteiger partial charge in [0.25, 0.3) is 6.43 Å². The molecule has 0 radical (unpaired) electrons. The summed E-state index contributed by atoms with van der Waals surface area (Å²) in [7, 11) is 1.78. The number of aromatic nitrogens is 2. The van der Waals surface area contributed by atoms with Gasteiger partial charge in [-0.3, -0.25) is 0 Å². The predicted octanol–water partition coefficient (Wildman–Crippen LogP) is 0.868. The molecule has 1 rings (SSSR count). The molecule has 0 amide bonds. The number of hydrogen-bond donors (Lipinski definition) is 1. The van der Waals surface area contributed by atoms with E-state index in [1.807, 2.05) is 0 Å². The average molecular weight is 175 g/mol. The first kappa shape index (κ1) is 9.12. The summed E-state index contributed by atoms with van der Waals surface area (Å²) in [6.45, 7) is 0.326. The van der Waals surface area contributed by atoms with E-state index in [0.29, 0.717) is 6.54 Å². The van der Waals surface area contributed by atoms with E-state index in [0.717, 1.165) is 5.69 Å². The second-order valence-electron chi connectivity index (χ2n) is 2.48. The smallest absolute Gasteiger partial charge is 0.256 e. The molecule has 0 aliphatic rings. The molecule has 0 aliphatic heterocycles. The van der Waals surface area contributed by atoms with E-state index in [1.54, 1.807) is 13.2 Å². The maximum Gasteiger partial charge on any atom is 0.256 e. The van der Waals surface area contributed by atoms with Gasteiger partial charge in [-0.05, 0) is 7.05 Å². The quantitative estimate of drug-likeness (QED) is 0.735. The van der Waals surface area contributed by atoms with Crippen molar-refractivity contribution in [1.29, 1.82) is 0 Å². The zero-order chi connectivity index (χ0) is 8.97. The maximum atomic E-state index is 11.9. The van der Waals surface area contributed by atoms with Crippen LogP contribution in [-0.2, 0) is 13.1 Å². The Morgan fingerprint density at radius 3 is 3.00 bits per heavy atom. The van der Waals surface area contributed by atoms with Gasteiger partial charge < -0.3 is 9.88 Å². The number of halogens is 2. The van der Waals surface area contributed by atoms with E-state index < -0.39 is 6.43 Å². The number of imidazole rings is 1. The molecular formula is C7H11F2N3. The van der Waals surface area contributed by atoms with Crippen molar-refractivity contribution in [1.82, 2.24) is 14.9 Å². The first-order valence-corrected chi connectivity index (χ1v) is 3.65. The minimum Gasteiger partial charge on any atom is -0.331 e. The predicted molar refractivity (Wildman–Crippen MR) is 41.0 cm³/mol. The lowest BCUT2D eigenvalue weighted by Crippen LogP contribution is -2.06. The Morgan fingerprint density at radius 1 is 1.67 bits per heavy atom. The van der Waals surface area contributed by atoms with Gasteiger partial charge in [-0.25, -0.2) is 13.8 Å².